The number of carboxylic acid groups (broad SMARTS) is 1. The Bertz CT molecular complexity index is 590. The first-order valence-corrected chi connectivity index (χ1v) is 6.32. The van der Waals surface area contributed by atoms with Gasteiger partial charge in [-0.25, -0.2) is 9.48 Å². The minimum absolute atomic E-state index is 0.00541. The molecule has 0 aliphatic heterocycles. The molecule has 2 rings (SSSR count). The van der Waals surface area contributed by atoms with Crippen molar-refractivity contribution < 1.29 is 14.6 Å². The van der Waals surface area contributed by atoms with E-state index >= 15 is 0 Å². The molecule has 0 saturated heterocycles. The zero-order valence-electron chi connectivity index (χ0n) is 11.5. The number of aromatic nitrogens is 3. The summed E-state index contributed by atoms with van der Waals surface area (Å²) in [6.07, 6.45) is 0.469. The highest BCUT2D eigenvalue weighted by molar-refractivity contribution is 5.86. The lowest BCUT2D eigenvalue weighted by Crippen LogP contribution is -2.11. The molecule has 2 aromatic rings. The van der Waals surface area contributed by atoms with Crippen molar-refractivity contribution in [2.24, 2.45) is 0 Å². The number of aromatic carboxylic acids is 1. The maximum absolute atomic E-state index is 11.1. The van der Waals surface area contributed by atoms with Crippen molar-refractivity contribution in [2.45, 2.75) is 19.9 Å². The molecule has 0 bridgehead atoms. The van der Waals surface area contributed by atoms with Gasteiger partial charge in [0.05, 0.1) is 18.8 Å². The van der Waals surface area contributed by atoms with Crippen molar-refractivity contribution in [3.8, 4) is 0 Å². The summed E-state index contributed by atoms with van der Waals surface area (Å²) in [6, 6.07) is 8.02. The van der Waals surface area contributed by atoms with Crippen molar-refractivity contribution in [3.05, 3.63) is 46.8 Å². The molecular formula is C14H17N3O3. The first-order chi connectivity index (χ1) is 9.61. The number of nitrogens with zero attached hydrogens (tertiary/aromatic N) is 3. The molecule has 0 fully saturated rings. The largest absolute Gasteiger partial charge is 0.476 e. The van der Waals surface area contributed by atoms with Gasteiger partial charge in [0.1, 0.15) is 0 Å². The van der Waals surface area contributed by atoms with Crippen LogP contribution in [0, 0.1) is 6.92 Å². The SMILES string of the molecule is COCCc1c(C(=O)O)nnn1Cc1ccc(C)cc1. The normalized spacial score (nSPS) is 10.7. The van der Waals surface area contributed by atoms with E-state index in [0.717, 1.165) is 5.56 Å². The molecule has 1 heterocycles. The Balaban J connectivity index is 2.26. The minimum atomic E-state index is -1.06. The molecule has 6 nitrogen and oxygen atoms in total. The number of hydrogen-bond acceptors (Lipinski definition) is 4. The first-order valence-electron chi connectivity index (χ1n) is 6.32. The van der Waals surface area contributed by atoms with E-state index in [-0.39, 0.29) is 5.69 Å². The van der Waals surface area contributed by atoms with Gasteiger partial charge in [0.2, 0.25) is 0 Å². The summed E-state index contributed by atoms with van der Waals surface area (Å²) in [5.41, 5.74) is 2.81. The van der Waals surface area contributed by atoms with Gasteiger partial charge in [0.15, 0.2) is 5.69 Å². The minimum Gasteiger partial charge on any atom is -0.476 e. The van der Waals surface area contributed by atoms with Gasteiger partial charge < -0.3 is 9.84 Å². The molecule has 0 amide bonds. The van der Waals surface area contributed by atoms with Crippen molar-refractivity contribution in [3.63, 3.8) is 0 Å². The van der Waals surface area contributed by atoms with E-state index in [1.54, 1.807) is 11.8 Å². The fourth-order valence-corrected chi connectivity index (χ4v) is 1.94. The molecule has 1 aromatic heterocycles. The fourth-order valence-electron chi connectivity index (χ4n) is 1.94. The lowest BCUT2D eigenvalue weighted by Gasteiger charge is -2.07. The van der Waals surface area contributed by atoms with Crippen LogP contribution in [0.3, 0.4) is 0 Å². The molecule has 1 aromatic carbocycles. The molecule has 0 saturated carbocycles. The number of carboxylic acids is 1. The Hall–Kier alpha value is -2.21. The molecule has 0 aliphatic rings. The Morgan fingerprint density at radius 1 is 1.35 bits per heavy atom. The van der Waals surface area contributed by atoms with Gasteiger partial charge in [-0.15, -0.1) is 5.10 Å². The number of ether oxygens (including phenoxy) is 1. The molecule has 20 heavy (non-hydrogen) atoms. The van der Waals surface area contributed by atoms with Crippen LogP contribution in [0.4, 0.5) is 0 Å². The van der Waals surface area contributed by atoms with Crippen LogP contribution in [-0.2, 0) is 17.7 Å². The number of rotatable bonds is 6. The van der Waals surface area contributed by atoms with Crippen LogP contribution < -0.4 is 0 Å². The maximum atomic E-state index is 11.1. The van der Waals surface area contributed by atoms with Crippen LogP contribution >= 0.6 is 0 Å². The van der Waals surface area contributed by atoms with Gasteiger partial charge in [-0.05, 0) is 12.5 Å². The second-order valence-electron chi connectivity index (χ2n) is 4.58. The summed E-state index contributed by atoms with van der Waals surface area (Å²) in [5, 5.41) is 16.8. The fraction of sp³-hybridized carbons (Fsp3) is 0.357. The van der Waals surface area contributed by atoms with Gasteiger partial charge in [-0.2, -0.15) is 0 Å². The van der Waals surface area contributed by atoms with Gasteiger partial charge in [-0.1, -0.05) is 35.0 Å². The van der Waals surface area contributed by atoms with E-state index < -0.39 is 5.97 Å². The molecule has 0 aliphatic carbocycles. The molecule has 0 unspecified atom stereocenters. The summed E-state index contributed by atoms with van der Waals surface area (Å²) < 4.78 is 6.63. The molecule has 0 atom stereocenters. The van der Waals surface area contributed by atoms with Crippen molar-refractivity contribution in [1.29, 1.82) is 0 Å². The van der Waals surface area contributed by atoms with E-state index in [0.29, 0.717) is 25.3 Å². The third-order valence-corrected chi connectivity index (χ3v) is 3.04. The van der Waals surface area contributed by atoms with Crippen molar-refractivity contribution in [1.82, 2.24) is 15.0 Å². The summed E-state index contributed by atoms with van der Waals surface area (Å²) in [5.74, 6) is -1.06. The summed E-state index contributed by atoms with van der Waals surface area (Å²) >= 11 is 0. The quantitative estimate of drug-likeness (QED) is 0.865. The van der Waals surface area contributed by atoms with Crippen LogP contribution in [-0.4, -0.2) is 39.8 Å². The lowest BCUT2D eigenvalue weighted by molar-refractivity contribution is 0.0688. The zero-order valence-corrected chi connectivity index (χ0v) is 11.5. The van der Waals surface area contributed by atoms with Gasteiger partial charge >= 0.3 is 5.97 Å². The predicted molar refractivity (Wildman–Crippen MR) is 72.8 cm³/mol. The molecule has 0 spiro atoms. The number of carbonyl (C=O) groups is 1. The van der Waals surface area contributed by atoms with Gasteiger partial charge in [-0.3, -0.25) is 0 Å². The highest BCUT2D eigenvalue weighted by Crippen LogP contribution is 2.11. The van der Waals surface area contributed by atoms with Crippen molar-refractivity contribution in [2.75, 3.05) is 13.7 Å². The Morgan fingerprint density at radius 2 is 2.05 bits per heavy atom. The summed E-state index contributed by atoms with van der Waals surface area (Å²) in [7, 11) is 1.58. The Kier molecular flexibility index (Phi) is 4.47. The Labute approximate surface area is 117 Å². The van der Waals surface area contributed by atoms with E-state index in [4.69, 9.17) is 9.84 Å². The monoisotopic (exact) mass is 275 g/mol. The van der Waals surface area contributed by atoms with Crippen LogP contribution in [0.1, 0.15) is 27.3 Å². The predicted octanol–water partition coefficient (Wildman–Crippen LogP) is 1.52. The third kappa shape index (κ3) is 3.21. The number of benzene rings is 1. The van der Waals surface area contributed by atoms with Crippen LogP contribution in [0.25, 0.3) is 0 Å². The maximum Gasteiger partial charge on any atom is 0.358 e. The van der Waals surface area contributed by atoms with Crippen LogP contribution in [0.15, 0.2) is 24.3 Å². The smallest absolute Gasteiger partial charge is 0.358 e. The molecule has 106 valence electrons. The number of hydrogen-bond donors (Lipinski definition) is 1. The second kappa shape index (κ2) is 6.29. The van der Waals surface area contributed by atoms with Crippen molar-refractivity contribution >= 4 is 5.97 Å². The second-order valence-corrected chi connectivity index (χ2v) is 4.58. The number of aryl methyl sites for hydroxylation is 1. The molecule has 1 N–H and O–H groups in total. The first kappa shape index (κ1) is 14.2. The highest BCUT2D eigenvalue weighted by Gasteiger charge is 2.18. The average molecular weight is 275 g/mol. The molecule has 0 radical (unpaired) electrons. The Morgan fingerprint density at radius 3 is 2.65 bits per heavy atom. The van der Waals surface area contributed by atoms with Crippen LogP contribution in [0.2, 0.25) is 0 Å². The topological polar surface area (TPSA) is 77.2 Å². The molecule has 6 heteroatoms. The highest BCUT2D eigenvalue weighted by atomic mass is 16.5. The number of methoxy groups -OCH3 is 1. The summed E-state index contributed by atoms with van der Waals surface area (Å²) in [6.45, 7) is 2.95. The zero-order chi connectivity index (χ0) is 14.5. The van der Waals surface area contributed by atoms with E-state index in [1.165, 1.54) is 5.56 Å². The third-order valence-electron chi connectivity index (χ3n) is 3.04. The van der Waals surface area contributed by atoms with Crippen LogP contribution in [0.5, 0.6) is 0 Å². The van der Waals surface area contributed by atoms with E-state index in [9.17, 15) is 4.79 Å². The average Bonchev–Trinajstić information content (AvgIpc) is 2.82. The lowest BCUT2D eigenvalue weighted by atomic mass is 10.1. The van der Waals surface area contributed by atoms with Gasteiger partial charge in [0.25, 0.3) is 0 Å². The van der Waals surface area contributed by atoms with E-state index in [2.05, 4.69) is 10.3 Å². The van der Waals surface area contributed by atoms with E-state index in [1.807, 2.05) is 31.2 Å². The summed E-state index contributed by atoms with van der Waals surface area (Å²) in [4.78, 5) is 11.1. The molecular weight excluding hydrogens is 258 g/mol. The van der Waals surface area contributed by atoms with Gasteiger partial charge in [0, 0.05) is 13.5 Å². The standard InChI is InChI=1S/C14H17N3O3/c1-10-3-5-11(6-4-10)9-17-12(7-8-20-2)13(14(18)19)15-16-17/h3-6H,7-9H2,1-2H3,(H,18,19).